The molecule has 3 aromatic rings. The number of hydrogen-bond donors (Lipinski definition) is 3. The predicted octanol–water partition coefficient (Wildman–Crippen LogP) is 1.55. The Hall–Kier alpha value is -1.89. The number of imidazole rings is 1. The van der Waals surface area contributed by atoms with E-state index in [2.05, 4.69) is 15.0 Å². The fraction of sp³-hybridized carbons (Fsp3) is 0.353. The highest BCUT2D eigenvalue weighted by Crippen LogP contribution is 2.59. The molecule has 4 heterocycles. The van der Waals surface area contributed by atoms with E-state index >= 15 is 0 Å². The lowest BCUT2D eigenvalue weighted by molar-refractivity contribution is -0.0763. The predicted molar refractivity (Wildman–Crippen MR) is 107 cm³/mol. The summed E-state index contributed by atoms with van der Waals surface area (Å²) in [6.45, 7) is -0.0350. The van der Waals surface area contributed by atoms with Gasteiger partial charge in [-0.1, -0.05) is 30.0 Å². The molecule has 0 aliphatic carbocycles. The lowest BCUT2D eigenvalue weighted by Gasteiger charge is -2.26. The molecule has 0 bridgehead atoms. The molecular formula is C17H19N5O6PS+. The molecule has 2 aromatic heterocycles. The quantitative estimate of drug-likeness (QED) is 0.495. The van der Waals surface area contributed by atoms with Crippen LogP contribution < -0.4 is 5.73 Å². The SMILES string of the molecule is COC1[C@H](n2c(Sc3ccccc3)nc3c(N)ncnc32)O[C@@H]2CO[P+](O)(O)O[C@@H]12. The number of ether oxygens (including phenoxy) is 2. The van der Waals surface area contributed by atoms with E-state index in [1.165, 1.54) is 25.2 Å². The monoisotopic (exact) mass is 452 g/mol. The Morgan fingerprint density at radius 3 is 2.83 bits per heavy atom. The second-order valence-corrected chi connectivity index (χ2v) is 9.22. The third-order valence-electron chi connectivity index (χ3n) is 4.90. The number of rotatable bonds is 4. The van der Waals surface area contributed by atoms with E-state index in [1.54, 1.807) is 4.57 Å². The first-order chi connectivity index (χ1) is 14.5. The van der Waals surface area contributed by atoms with Gasteiger partial charge in [-0.05, 0) is 12.1 Å². The van der Waals surface area contributed by atoms with Crippen molar-refractivity contribution < 1.29 is 28.3 Å². The highest BCUT2D eigenvalue weighted by atomic mass is 32.2. The Balaban J connectivity index is 1.60. The first-order valence-electron chi connectivity index (χ1n) is 9.04. The number of nitrogens with two attached hydrogens (primary N) is 1. The van der Waals surface area contributed by atoms with Crippen molar-refractivity contribution >= 4 is 36.9 Å². The normalized spacial score (nSPS) is 28.0. The summed E-state index contributed by atoms with van der Waals surface area (Å²) in [4.78, 5) is 33.7. The molecule has 30 heavy (non-hydrogen) atoms. The number of hydrogen-bond acceptors (Lipinski definition) is 11. The first-order valence-corrected chi connectivity index (χ1v) is 11.4. The topological polar surface area (TPSA) is 147 Å². The fourth-order valence-corrected chi connectivity index (χ4v) is 5.49. The molecule has 2 saturated heterocycles. The number of fused-ring (bicyclic) bond motifs is 2. The Bertz CT molecular complexity index is 1070. The van der Waals surface area contributed by atoms with Crippen LogP contribution in [-0.2, 0) is 18.5 Å². The summed E-state index contributed by atoms with van der Waals surface area (Å²) >= 11 is 1.41. The summed E-state index contributed by atoms with van der Waals surface area (Å²) in [5.74, 6) is 0.244. The zero-order valence-electron chi connectivity index (χ0n) is 15.7. The number of methoxy groups -OCH3 is 1. The van der Waals surface area contributed by atoms with E-state index in [0.717, 1.165) is 4.90 Å². The summed E-state index contributed by atoms with van der Waals surface area (Å²) in [6.07, 6.45) is -1.31. The molecule has 0 spiro atoms. The average molecular weight is 452 g/mol. The van der Waals surface area contributed by atoms with Gasteiger partial charge in [0.05, 0.1) is 0 Å². The van der Waals surface area contributed by atoms with Gasteiger partial charge >= 0.3 is 8.17 Å². The summed E-state index contributed by atoms with van der Waals surface area (Å²) in [5, 5.41) is 0.573. The van der Waals surface area contributed by atoms with Crippen LogP contribution in [0, 0.1) is 0 Å². The molecule has 13 heteroatoms. The van der Waals surface area contributed by atoms with Gasteiger partial charge in [-0.15, -0.1) is 4.52 Å². The minimum Gasteiger partial charge on any atom is -0.382 e. The van der Waals surface area contributed by atoms with Gasteiger partial charge < -0.3 is 15.2 Å². The van der Waals surface area contributed by atoms with Crippen LogP contribution in [-0.4, -0.2) is 61.3 Å². The van der Waals surface area contributed by atoms with Crippen molar-refractivity contribution in [1.29, 1.82) is 0 Å². The minimum atomic E-state index is -3.92. The highest BCUT2D eigenvalue weighted by molar-refractivity contribution is 7.99. The number of nitrogens with zero attached hydrogens (tertiary/aromatic N) is 4. The van der Waals surface area contributed by atoms with Crippen molar-refractivity contribution in [2.24, 2.45) is 0 Å². The highest BCUT2D eigenvalue weighted by Gasteiger charge is 2.60. The summed E-state index contributed by atoms with van der Waals surface area (Å²) in [7, 11) is -2.42. The van der Waals surface area contributed by atoms with Gasteiger partial charge in [0.15, 0.2) is 34.5 Å². The molecule has 4 N–H and O–H groups in total. The summed E-state index contributed by atoms with van der Waals surface area (Å²) in [6, 6.07) is 9.70. The summed E-state index contributed by atoms with van der Waals surface area (Å²) in [5.41, 5.74) is 6.95. The third kappa shape index (κ3) is 3.45. The van der Waals surface area contributed by atoms with Gasteiger partial charge in [0.1, 0.15) is 25.1 Å². The molecule has 2 fully saturated rings. The van der Waals surface area contributed by atoms with E-state index in [-0.39, 0.29) is 12.4 Å². The first kappa shape index (κ1) is 20.0. The molecule has 0 radical (unpaired) electrons. The maximum absolute atomic E-state index is 9.86. The standard InChI is InChI=1S/C17H19N5O6PS/c1-25-13-12-10(7-26-29(23,24)28-12)27-16(13)22-15-11(14(18)19-8-20-15)21-17(22)30-9-5-3-2-4-6-9/h2-6,8,10,12-13,16,23-24H,7H2,1H3,(H2,18,19,20)/q+1/t10-,12-,13?,16-/m1/s1. The van der Waals surface area contributed by atoms with Crippen LogP contribution in [0.15, 0.2) is 46.7 Å². The molecular weight excluding hydrogens is 433 g/mol. The molecule has 11 nitrogen and oxygen atoms in total. The van der Waals surface area contributed by atoms with Gasteiger partial charge in [-0.3, -0.25) is 4.57 Å². The number of nitrogen functional groups attached to an aromatic ring is 1. The van der Waals surface area contributed by atoms with Crippen LogP contribution in [0.4, 0.5) is 5.82 Å². The maximum atomic E-state index is 9.86. The molecule has 158 valence electrons. The molecule has 4 atom stereocenters. The van der Waals surface area contributed by atoms with Gasteiger partial charge in [0, 0.05) is 12.0 Å². The van der Waals surface area contributed by atoms with Crippen molar-refractivity contribution in [2.45, 2.75) is 34.6 Å². The molecule has 2 aliphatic rings. The molecule has 0 saturated carbocycles. The second-order valence-electron chi connectivity index (χ2n) is 6.73. The van der Waals surface area contributed by atoms with Crippen molar-refractivity contribution in [2.75, 3.05) is 19.5 Å². The van der Waals surface area contributed by atoms with Crippen molar-refractivity contribution in [1.82, 2.24) is 19.5 Å². The smallest absolute Gasteiger partial charge is 0.382 e. The number of benzene rings is 1. The lowest BCUT2D eigenvalue weighted by atomic mass is 10.1. The van der Waals surface area contributed by atoms with Crippen molar-refractivity contribution in [3.63, 3.8) is 0 Å². The molecule has 1 unspecified atom stereocenters. The van der Waals surface area contributed by atoms with Gasteiger partial charge in [-0.25, -0.2) is 15.0 Å². The summed E-state index contributed by atoms with van der Waals surface area (Å²) < 4.78 is 24.0. The third-order valence-corrected chi connectivity index (χ3v) is 6.89. The Labute approximate surface area is 175 Å². The van der Waals surface area contributed by atoms with E-state index in [1.807, 2.05) is 30.3 Å². The largest absolute Gasteiger partial charge is 0.570 e. The average Bonchev–Trinajstić information content (AvgIpc) is 3.25. The maximum Gasteiger partial charge on any atom is 0.570 e. The van der Waals surface area contributed by atoms with E-state index in [4.69, 9.17) is 24.3 Å². The zero-order valence-corrected chi connectivity index (χ0v) is 17.4. The van der Waals surface area contributed by atoms with Crippen LogP contribution in [0.2, 0.25) is 0 Å². The molecule has 2 aliphatic heterocycles. The number of anilines is 1. The van der Waals surface area contributed by atoms with E-state index < -0.39 is 32.7 Å². The zero-order chi connectivity index (χ0) is 20.9. The van der Waals surface area contributed by atoms with E-state index in [0.29, 0.717) is 16.3 Å². The van der Waals surface area contributed by atoms with Gasteiger partial charge in [0.25, 0.3) is 0 Å². The Morgan fingerprint density at radius 2 is 2.07 bits per heavy atom. The Kier molecular flexibility index (Phi) is 5.12. The van der Waals surface area contributed by atoms with Gasteiger partial charge in [-0.2, -0.15) is 14.3 Å². The van der Waals surface area contributed by atoms with Crippen LogP contribution >= 0.6 is 19.9 Å². The van der Waals surface area contributed by atoms with Crippen LogP contribution in [0.1, 0.15) is 6.23 Å². The van der Waals surface area contributed by atoms with Crippen molar-refractivity contribution in [3.8, 4) is 0 Å². The van der Waals surface area contributed by atoms with Gasteiger partial charge in [0.2, 0.25) is 0 Å². The van der Waals surface area contributed by atoms with Crippen molar-refractivity contribution in [3.05, 3.63) is 36.7 Å². The van der Waals surface area contributed by atoms with Crippen LogP contribution in [0.25, 0.3) is 11.2 Å². The molecule has 5 rings (SSSR count). The lowest BCUT2D eigenvalue weighted by Crippen LogP contribution is -2.41. The minimum absolute atomic E-state index is 0.0350. The second kappa shape index (κ2) is 7.66. The Morgan fingerprint density at radius 1 is 1.27 bits per heavy atom. The van der Waals surface area contributed by atoms with E-state index in [9.17, 15) is 9.79 Å². The number of aromatic nitrogens is 4. The molecule has 0 amide bonds. The van der Waals surface area contributed by atoms with Crippen LogP contribution in [0.5, 0.6) is 0 Å². The van der Waals surface area contributed by atoms with Crippen LogP contribution in [0.3, 0.4) is 0 Å². The fourth-order valence-electron chi connectivity index (χ4n) is 3.59. The molecule has 1 aromatic carbocycles.